The van der Waals surface area contributed by atoms with Gasteiger partial charge in [-0.25, -0.2) is 4.98 Å². The largest absolute Gasteiger partial charge is 0.481 e. The fourth-order valence-corrected chi connectivity index (χ4v) is 2.27. The summed E-state index contributed by atoms with van der Waals surface area (Å²) in [6, 6.07) is 11.5. The third kappa shape index (κ3) is 3.09. The summed E-state index contributed by atoms with van der Waals surface area (Å²) in [5, 5.41) is 10.2. The minimum absolute atomic E-state index is 0.472. The van der Waals surface area contributed by atoms with Crippen molar-refractivity contribution in [3.8, 4) is 5.88 Å². The lowest BCUT2D eigenvalue weighted by Gasteiger charge is -2.13. The Morgan fingerprint density at radius 2 is 2.17 bits per heavy atom. The molecule has 0 saturated carbocycles. The van der Waals surface area contributed by atoms with Gasteiger partial charge in [0.25, 0.3) is 0 Å². The third-order valence-electron chi connectivity index (χ3n) is 2.67. The highest BCUT2D eigenvalue weighted by Crippen LogP contribution is 2.26. The van der Waals surface area contributed by atoms with E-state index in [1.807, 2.05) is 30.3 Å². The van der Waals surface area contributed by atoms with Gasteiger partial charge in [0.2, 0.25) is 5.88 Å². The van der Waals surface area contributed by atoms with Crippen LogP contribution in [0.3, 0.4) is 0 Å². The second-order valence-corrected chi connectivity index (χ2v) is 4.87. The molecule has 1 atom stereocenters. The lowest BCUT2D eigenvalue weighted by atomic mass is 10.0. The number of nitrogens with zero attached hydrogens (tertiary/aromatic N) is 1. The summed E-state index contributed by atoms with van der Waals surface area (Å²) in [5.74, 6) is 0.472. The zero-order chi connectivity index (χ0) is 13.0. The lowest BCUT2D eigenvalue weighted by Crippen LogP contribution is -2.05. The van der Waals surface area contributed by atoms with Crippen LogP contribution in [0.15, 0.2) is 47.1 Å². The van der Waals surface area contributed by atoms with Gasteiger partial charge >= 0.3 is 0 Å². The van der Waals surface area contributed by atoms with Gasteiger partial charge in [0.05, 0.1) is 13.2 Å². The SMILES string of the molecule is COc1ncccc1C(O)Cc1cccc(Br)c1. The molecule has 2 rings (SSSR count). The molecule has 0 aliphatic rings. The van der Waals surface area contributed by atoms with E-state index in [0.717, 1.165) is 10.0 Å². The topological polar surface area (TPSA) is 42.4 Å². The van der Waals surface area contributed by atoms with Crippen LogP contribution in [0.1, 0.15) is 17.2 Å². The van der Waals surface area contributed by atoms with Gasteiger partial charge in [0.1, 0.15) is 0 Å². The first-order chi connectivity index (χ1) is 8.70. The van der Waals surface area contributed by atoms with E-state index in [0.29, 0.717) is 17.9 Å². The molecule has 18 heavy (non-hydrogen) atoms. The normalized spacial score (nSPS) is 12.2. The Hall–Kier alpha value is -1.39. The Bertz CT molecular complexity index is 531. The molecule has 0 bridgehead atoms. The number of benzene rings is 1. The van der Waals surface area contributed by atoms with Gasteiger partial charge in [-0.15, -0.1) is 0 Å². The molecule has 1 N–H and O–H groups in total. The van der Waals surface area contributed by atoms with Crippen LogP contribution in [0.25, 0.3) is 0 Å². The number of methoxy groups -OCH3 is 1. The molecule has 1 unspecified atom stereocenters. The predicted octanol–water partition coefficient (Wildman–Crippen LogP) is 3.13. The Morgan fingerprint density at radius 3 is 2.89 bits per heavy atom. The van der Waals surface area contributed by atoms with Gasteiger partial charge in [0.15, 0.2) is 0 Å². The summed E-state index contributed by atoms with van der Waals surface area (Å²) in [7, 11) is 1.55. The highest BCUT2D eigenvalue weighted by Gasteiger charge is 2.14. The lowest BCUT2D eigenvalue weighted by molar-refractivity contribution is 0.173. The van der Waals surface area contributed by atoms with Gasteiger partial charge in [-0.1, -0.05) is 28.1 Å². The van der Waals surface area contributed by atoms with Crippen molar-refractivity contribution in [2.75, 3.05) is 7.11 Å². The van der Waals surface area contributed by atoms with Gasteiger partial charge in [0, 0.05) is 22.7 Å². The molecule has 1 aromatic carbocycles. The molecular weight excluding hydrogens is 294 g/mol. The van der Waals surface area contributed by atoms with E-state index >= 15 is 0 Å². The predicted molar refractivity (Wildman–Crippen MR) is 73.6 cm³/mol. The summed E-state index contributed by atoms with van der Waals surface area (Å²) < 4.78 is 6.15. The van der Waals surface area contributed by atoms with Gasteiger partial charge < -0.3 is 9.84 Å². The molecule has 1 heterocycles. The number of halogens is 1. The number of aliphatic hydroxyl groups is 1. The van der Waals surface area contributed by atoms with Crippen molar-refractivity contribution in [1.82, 2.24) is 4.98 Å². The number of hydrogen-bond acceptors (Lipinski definition) is 3. The number of aliphatic hydroxyl groups excluding tert-OH is 1. The Morgan fingerprint density at radius 1 is 1.33 bits per heavy atom. The first-order valence-corrected chi connectivity index (χ1v) is 6.41. The minimum atomic E-state index is -0.622. The van der Waals surface area contributed by atoms with Gasteiger partial charge in [-0.2, -0.15) is 0 Å². The van der Waals surface area contributed by atoms with Crippen LogP contribution < -0.4 is 4.74 Å². The molecule has 0 aliphatic heterocycles. The molecule has 0 saturated heterocycles. The Labute approximate surface area is 115 Å². The monoisotopic (exact) mass is 307 g/mol. The average Bonchev–Trinajstić information content (AvgIpc) is 2.38. The maximum Gasteiger partial charge on any atom is 0.218 e. The first-order valence-electron chi connectivity index (χ1n) is 5.62. The van der Waals surface area contributed by atoms with Crippen LogP contribution in [0, 0.1) is 0 Å². The maximum absolute atomic E-state index is 10.2. The quantitative estimate of drug-likeness (QED) is 0.943. The first kappa shape index (κ1) is 13.1. The van der Waals surface area contributed by atoms with E-state index < -0.39 is 6.10 Å². The number of hydrogen-bond donors (Lipinski definition) is 1. The van der Waals surface area contributed by atoms with E-state index in [9.17, 15) is 5.11 Å². The van der Waals surface area contributed by atoms with Crippen LogP contribution >= 0.6 is 15.9 Å². The van der Waals surface area contributed by atoms with E-state index in [4.69, 9.17) is 4.74 Å². The summed E-state index contributed by atoms with van der Waals surface area (Å²) in [6.07, 6.45) is 1.55. The van der Waals surface area contributed by atoms with Crippen LogP contribution in [-0.4, -0.2) is 17.2 Å². The van der Waals surface area contributed by atoms with Crippen molar-refractivity contribution < 1.29 is 9.84 Å². The molecule has 1 aromatic heterocycles. The molecule has 94 valence electrons. The van der Waals surface area contributed by atoms with Crippen LogP contribution in [0.5, 0.6) is 5.88 Å². The molecular formula is C14H14BrNO2. The van der Waals surface area contributed by atoms with Gasteiger partial charge in [-0.3, -0.25) is 0 Å². The fourth-order valence-electron chi connectivity index (χ4n) is 1.82. The van der Waals surface area contributed by atoms with Crippen molar-refractivity contribution >= 4 is 15.9 Å². The number of aromatic nitrogens is 1. The Kier molecular flexibility index (Phi) is 4.33. The molecule has 0 fully saturated rings. The smallest absolute Gasteiger partial charge is 0.218 e. The molecule has 3 nitrogen and oxygen atoms in total. The van der Waals surface area contributed by atoms with Crippen molar-refractivity contribution in [3.63, 3.8) is 0 Å². The summed E-state index contributed by atoms with van der Waals surface area (Å²) in [4.78, 5) is 4.09. The molecule has 4 heteroatoms. The summed E-state index contributed by atoms with van der Waals surface area (Å²) in [6.45, 7) is 0. The molecule has 0 spiro atoms. The molecule has 0 amide bonds. The van der Waals surface area contributed by atoms with E-state index in [-0.39, 0.29) is 0 Å². The van der Waals surface area contributed by atoms with E-state index in [1.54, 1.807) is 19.4 Å². The van der Waals surface area contributed by atoms with Crippen molar-refractivity contribution in [3.05, 3.63) is 58.2 Å². The summed E-state index contributed by atoms with van der Waals surface area (Å²) >= 11 is 3.42. The van der Waals surface area contributed by atoms with Crippen molar-refractivity contribution in [2.24, 2.45) is 0 Å². The van der Waals surface area contributed by atoms with Crippen molar-refractivity contribution in [1.29, 1.82) is 0 Å². The highest BCUT2D eigenvalue weighted by molar-refractivity contribution is 9.10. The number of rotatable bonds is 4. The zero-order valence-electron chi connectivity index (χ0n) is 10.0. The second kappa shape index (κ2) is 5.98. The third-order valence-corrected chi connectivity index (χ3v) is 3.16. The van der Waals surface area contributed by atoms with Crippen LogP contribution in [0.4, 0.5) is 0 Å². The zero-order valence-corrected chi connectivity index (χ0v) is 11.6. The minimum Gasteiger partial charge on any atom is -0.481 e. The number of ether oxygens (including phenoxy) is 1. The standard InChI is InChI=1S/C14H14BrNO2/c1-18-14-12(6-3-7-16-14)13(17)9-10-4-2-5-11(15)8-10/h2-8,13,17H,9H2,1H3. The van der Waals surface area contributed by atoms with Gasteiger partial charge in [-0.05, 0) is 29.8 Å². The molecule has 2 aromatic rings. The number of pyridine rings is 1. The maximum atomic E-state index is 10.2. The highest BCUT2D eigenvalue weighted by atomic mass is 79.9. The second-order valence-electron chi connectivity index (χ2n) is 3.95. The van der Waals surface area contributed by atoms with Crippen LogP contribution in [0.2, 0.25) is 0 Å². The molecule has 0 radical (unpaired) electrons. The van der Waals surface area contributed by atoms with E-state index in [1.165, 1.54) is 0 Å². The van der Waals surface area contributed by atoms with E-state index in [2.05, 4.69) is 20.9 Å². The fraction of sp³-hybridized carbons (Fsp3) is 0.214. The summed E-state index contributed by atoms with van der Waals surface area (Å²) in [5.41, 5.74) is 1.77. The molecule has 0 aliphatic carbocycles. The van der Waals surface area contributed by atoms with Crippen molar-refractivity contribution in [2.45, 2.75) is 12.5 Å². The van der Waals surface area contributed by atoms with Crippen LogP contribution in [-0.2, 0) is 6.42 Å². The Balaban J connectivity index is 2.19. The average molecular weight is 308 g/mol.